The Bertz CT molecular complexity index is 550. The SMILES string of the molecule is NC1CCCCCC1C(=O)Nc1ccc([N+](=O)[O-])cc1Cl. The summed E-state index contributed by atoms with van der Waals surface area (Å²) in [5.41, 5.74) is 6.32. The molecule has 1 amide bonds. The van der Waals surface area contributed by atoms with E-state index >= 15 is 0 Å². The fraction of sp³-hybridized carbons (Fsp3) is 0.500. The van der Waals surface area contributed by atoms with Crippen molar-refractivity contribution in [3.8, 4) is 0 Å². The van der Waals surface area contributed by atoms with Gasteiger partial charge in [0.25, 0.3) is 5.69 Å². The van der Waals surface area contributed by atoms with Crippen LogP contribution in [0.2, 0.25) is 5.02 Å². The average molecular weight is 312 g/mol. The molecule has 0 heterocycles. The van der Waals surface area contributed by atoms with Gasteiger partial charge in [-0.25, -0.2) is 0 Å². The van der Waals surface area contributed by atoms with E-state index in [9.17, 15) is 14.9 Å². The van der Waals surface area contributed by atoms with Crippen molar-refractivity contribution in [1.82, 2.24) is 0 Å². The number of nitro groups is 1. The van der Waals surface area contributed by atoms with Crippen LogP contribution in [0.3, 0.4) is 0 Å². The molecule has 7 heteroatoms. The first-order chi connectivity index (χ1) is 9.99. The lowest BCUT2D eigenvalue weighted by Crippen LogP contribution is -2.37. The van der Waals surface area contributed by atoms with E-state index in [0.29, 0.717) is 5.69 Å². The quantitative estimate of drug-likeness (QED) is 0.509. The Morgan fingerprint density at radius 3 is 2.71 bits per heavy atom. The molecule has 0 saturated heterocycles. The van der Waals surface area contributed by atoms with Crippen LogP contribution in [0.5, 0.6) is 0 Å². The second kappa shape index (κ2) is 6.87. The molecule has 2 unspecified atom stereocenters. The molecular formula is C14H18ClN3O3. The molecule has 2 rings (SSSR count). The molecule has 0 spiro atoms. The van der Waals surface area contributed by atoms with Gasteiger partial charge in [0.2, 0.25) is 5.91 Å². The number of carbonyl (C=O) groups excluding carboxylic acids is 1. The lowest BCUT2D eigenvalue weighted by atomic mass is 9.94. The minimum Gasteiger partial charge on any atom is -0.327 e. The van der Waals surface area contributed by atoms with Crippen molar-refractivity contribution >= 4 is 28.9 Å². The number of nitrogens with two attached hydrogens (primary N) is 1. The Kier molecular flexibility index (Phi) is 5.14. The molecule has 0 aliphatic heterocycles. The number of amides is 1. The van der Waals surface area contributed by atoms with Crippen LogP contribution in [0, 0.1) is 16.0 Å². The number of benzene rings is 1. The summed E-state index contributed by atoms with van der Waals surface area (Å²) in [6.45, 7) is 0. The standard InChI is InChI=1S/C14H18ClN3O3/c15-11-8-9(18(20)21)6-7-13(11)17-14(19)10-4-2-1-3-5-12(10)16/h6-8,10,12H,1-5,16H2,(H,17,19). The van der Waals surface area contributed by atoms with Crippen LogP contribution in [-0.4, -0.2) is 16.9 Å². The van der Waals surface area contributed by atoms with Crippen molar-refractivity contribution in [2.45, 2.75) is 38.1 Å². The summed E-state index contributed by atoms with van der Waals surface area (Å²) >= 11 is 5.97. The molecule has 21 heavy (non-hydrogen) atoms. The first-order valence-corrected chi connectivity index (χ1v) is 7.37. The van der Waals surface area contributed by atoms with Gasteiger partial charge in [-0.2, -0.15) is 0 Å². The van der Waals surface area contributed by atoms with Crippen LogP contribution in [0.4, 0.5) is 11.4 Å². The third-order valence-electron chi connectivity index (χ3n) is 3.83. The lowest BCUT2D eigenvalue weighted by molar-refractivity contribution is -0.384. The largest absolute Gasteiger partial charge is 0.327 e. The second-order valence-electron chi connectivity index (χ2n) is 5.32. The molecule has 3 N–H and O–H groups in total. The molecule has 0 bridgehead atoms. The van der Waals surface area contributed by atoms with Crippen LogP contribution in [-0.2, 0) is 4.79 Å². The van der Waals surface area contributed by atoms with E-state index in [1.165, 1.54) is 18.2 Å². The molecule has 1 aliphatic carbocycles. The summed E-state index contributed by atoms with van der Waals surface area (Å²) in [4.78, 5) is 22.4. The molecule has 114 valence electrons. The van der Waals surface area contributed by atoms with E-state index in [2.05, 4.69) is 5.32 Å². The fourth-order valence-corrected chi connectivity index (χ4v) is 2.83. The lowest BCUT2D eigenvalue weighted by Gasteiger charge is -2.20. The van der Waals surface area contributed by atoms with Gasteiger partial charge in [0.05, 0.1) is 21.6 Å². The summed E-state index contributed by atoms with van der Waals surface area (Å²) in [6, 6.07) is 3.84. The van der Waals surface area contributed by atoms with Crippen molar-refractivity contribution < 1.29 is 9.72 Å². The molecule has 1 saturated carbocycles. The number of carbonyl (C=O) groups is 1. The van der Waals surface area contributed by atoms with E-state index < -0.39 is 4.92 Å². The van der Waals surface area contributed by atoms with Crippen LogP contribution in [0.1, 0.15) is 32.1 Å². The molecule has 0 aromatic heterocycles. The Balaban J connectivity index is 2.10. The van der Waals surface area contributed by atoms with Crippen LogP contribution < -0.4 is 11.1 Å². The Labute approximate surface area is 127 Å². The van der Waals surface area contributed by atoms with Crippen molar-refractivity contribution in [2.75, 3.05) is 5.32 Å². The first kappa shape index (κ1) is 15.7. The molecule has 1 aromatic rings. The zero-order valence-electron chi connectivity index (χ0n) is 11.5. The Morgan fingerprint density at radius 2 is 2.05 bits per heavy atom. The number of halogens is 1. The maximum atomic E-state index is 12.3. The van der Waals surface area contributed by atoms with Crippen LogP contribution >= 0.6 is 11.6 Å². The molecule has 2 atom stereocenters. The van der Waals surface area contributed by atoms with Gasteiger partial charge in [-0.05, 0) is 18.9 Å². The monoisotopic (exact) mass is 311 g/mol. The number of anilines is 1. The van der Waals surface area contributed by atoms with Gasteiger partial charge < -0.3 is 11.1 Å². The van der Waals surface area contributed by atoms with Gasteiger partial charge >= 0.3 is 0 Å². The van der Waals surface area contributed by atoms with Gasteiger partial charge in [0.15, 0.2) is 0 Å². The van der Waals surface area contributed by atoms with Crippen molar-refractivity contribution in [1.29, 1.82) is 0 Å². The van der Waals surface area contributed by atoms with Gasteiger partial charge in [-0.3, -0.25) is 14.9 Å². The van der Waals surface area contributed by atoms with E-state index in [1.54, 1.807) is 0 Å². The number of nitro benzene ring substituents is 1. The maximum Gasteiger partial charge on any atom is 0.271 e. The molecule has 1 aromatic carbocycles. The fourth-order valence-electron chi connectivity index (χ4n) is 2.61. The first-order valence-electron chi connectivity index (χ1n) is 6.99. The Morgan fingerprint density at radius 1 is 1.33 bits per heavy atom. The predicted octanol–water partition coefficient (Wildman–Crippen LogP) is 3.09. The van der Waals surface area contributed by atoms with E-state index in [1.807, 2.05) is 0 Å². The summed E-state index contributed by atoms with van der Waals surface area (Å²) < 4.78 is 0. The van der Waals surface area contributed by atoms with Gasteiger partial charge in [0, 0.05) is 18.2 Å². The van der Waals surface area contributed by atoms with E-state index in [-0.39, 0.29) is 28.6 Å². The predicted molar refractivity (Wildman–Crippen MR) is 81.3 cm³/mol. The number of non-ortho nitro benzene ring substituents is 1. The summed E-state index contributed by atoms with van der Waals surface area (Å²) in [7, 11) is 0. The van der Waals surface area contributed by atoms with Crippen molar-refractivity contribution in [3.63, 3.8) is 0 Å². The van der Waals surface area contributed by atoms with Gasteiger partial charge in [-0.15, -0.1) is 0 Å². The molecule has 0 radical (unpaired) electrons. The summed E-state index contributed by atoms with van der Waals surface area (Å²) in [5, 5.41) is 13.5. The zero-order chi connectivity index (χ0) is 15.4. The highest BCUT2D eigenvalue weighted by Gasteiger charge is 2.27. The minimum atomic E-state index is -0.529. The molecule has 1 aliphatic rings. The van der Waals surface area contributed by atoms with Crippen molar-refractivity contribution in [3.05, 3.63) is 33.3 Å². The second-order valence-corrected chi connectivity index (χ2v) is 5.73. The van der Waals surface area contributed by atoms with E-state index in [4.69, 9.17) is 17.3 Å². The van der Waals surface area contributed by atoms with E-state index in [0.717, 1.165) is 32.1 Å². The topological polar surface area (TPSA) is 98.3 Å². The number of nitrogens with one attached hydrogen (secondary N) is 1. The summed E-state index contributed by atoms with van der Waals surface area (Å²) in [5.74, 6) is -0.404. The van der Waals surface area contributed by atoms with Crippen molar-refractivity contribution in [2.24, 2.45) is 11.7 Å². The molecule has 6 nitrogen and oxygen atoms in total. The normalized spacial score (nSPS) is 22.4. The molecular weight excluding hydrogens is 294 g/mol. The zero-order valence-corrected chi connectivity index (χ0v) is 12.3. The van der Waals surface area contributed by atoms with Crippen LogP contribution in [0.25, 0.3) is 0 Å². The third kappa shape index (κ3) is 3.92. The van der Waals surface area contributed by atoms with Gasteiger partial charge in [0.1, 0.15) is 0 Å². The smallest absolute Gasteiger partial charge is 0.271 e. The summed E-state index contributed by atoms with van der Waals surface area (Å²) in [6.07, 6.45) is 4.72. The molecule has 1 fully saturated rings. The van der Waals surface area contributed by atoms with Gasteiger partial charge in [-0.1, -0.05) is 30.9 Å². The maximum absolute atomic E-state index is 12.3. The minimum absolute atomic E-state index is 0.107. The number of rotatable bonds is 3. The number of nitrogens with zero attached hydrogens (tertiary/aromatic N) is 1. The third-order valence-corrected chi connectivity index (χ3v) is 4.14. The average Bonchev–Trinajstić information content (AvgIpc) is 2.65. The van der Waals surface area contributed by atoms with Crippen LogP contribution in [0.15, 0.2) is 18.2 Å². The highest BCUT2D eigenvalue weighted by Crippen LogP contribution is 2.29. The highest BCUT2D eigenvalue weighted by atomic mass is 35.5. The highest BCUT2D eigenvalue weighted by molar-refractivity contribution is 6.34. The number of hydrogen-bond donors (Lipinski definition) is 2. The number of hydrogen-bond acceptors (Lipinski definition) is 4. The Hall–Kier alpha value is -1.66.